The summed E-state index contributed by atoms with van der Waals surface area (Å²) in [5.41, 5.74) is 1.32. The zero-order valence-corrected chi connectivity index (χ0v) is 5.72. The monoisotopic (exact) mass is 115 g/mol. The van der Waals surface area contributed by atoms with Crippen LogP contribution in [0.2, 0.25) is 0 Å². The predicted octanol–water partition coefficient (Wildman–Crippen LogP) is 2.89. The van der Waals surface area contributed by atoms with Gasteiger partial charge in [-0.1, -0.05) is 31.5 Å². The quantitative estimate of drug-likeness (QED) is 0.519. The van der Waals surface area contributed by atoms with Crippen LogP contribution in [0, 0.1) is 0 Å². The molecule has 0 saturated heterocycles. The molecule has 0 aliphatic carbocycles. The van der Waals surface area contributed by atoms with Crippen LogP contribution in [0.1, 0.15) is 26.7 Å². The van der Waals surface area contributed by atoms with E-state index >= 15 is 0 Å². The lowest BCUT2D eigenvalue weighted by Gasteiger charge is -1.89. The van der Waals surface area contributed by atoms with E-state index in [4.69, 9.17) is 0 Å². The van der Waals surface area contributed by atoms with Crippen molar-refractivity contribution in [3.8, 4) is 0 Å². The number of allylic oxidation sites excluding steroid dienone is 1. The van der Waals surface area contributed by atoms with Gasteiger partial charge in [0, 0.05) is 5.41 Å². The first-order chi connectivity index (χ1) is 3.31. The van der Waals surface area contributed by atoms with Gasteiger partial charge >= 0.3 is 0 Å². The average Bonchev–Trinajstić information content (AvgIpc) is 1.68. The maximum Gasteiger partial charge on any atom is 0.000271 e. The molecule has 0 aromatic heterocycles. The molecule has 0 spiro atoms. The first-order valence-corrected chi connectivity index (χ1v) is 3.06. The molecular formula is C6H11S. The van der Waals surface area contributed by atoms with Gasteiger partial charge in [0.05, 0.1) is 0 Å². The van der Waals surface area contributed by atoms with E-state index in [-0.39, 0.29) is 0 Å². The molecule has 41 valence electrons. The van der Waals surface area contributed by atoms with E-state index in [1.165, 1.54) is 12.0 Å². The Morgan fingerprint density at radius 2 is 2.29 bits per heavy atom. The van der Waals surface area contributed by atoms with Crippen molar-refractivity contribution in [2.45, 2.75) is 26.7 Å². The third-order valence-corrected chi connectivity index (χ3v) is 1.25. The van der Waals surface area contributed by atoms with E-state index in [1.807, 2.05) is 0 Å². The molecule has 1 heteroatoms. The van der Waals surface area contributed by atoms with Crippen molar-refractivity contribution in [1.82, 2.24) is 0 Å². The van der Waals surface area contributed by atoms with Crippen LogP contribution >= 0.6 is 12.6 Å². The lowest BCUT2D eigenvalue weighted by molar-refractivity contribution is 0.908. The van der Waals surface area contributed by atoms with Gasteiger partial charge in [-0.3, -0.25) is 0 Å². The first-order valence-electron chi connectivity index (χ1n) is 2.59. The maximum atomic E-state index is 4.68. The fraction of sp³-hybridized carbons (Fsp3) is 0.667. The van der Waals surface area contributed by atoms with Crippen LogP contribution in [0.3, 0.4) is 0 Å². The lowest BCUT2D eigenvalue weighted by Crippen LogP contribution is -1.69. The minimum absolute atomic E-state index is 1.16. The molecule has 0 aromatic carbocycles. The highest BCUT2D eigenvalue weighted by atomic mass is 32.1. The van der Waals surface area contributed by atoms with Crippen LogP contribution in [0.5, 0.6) is 0 Å². The van der Waals surface area contributed by atoms with Crippen molar-refractivity contribution in [1.29, 1.82) is 0 Å². The molecule has 0 fully saturated rings. The molecule has 0 saturated carbocycles. The van der Waals surface area contributed by atoms with Crippen LogP contribution in [0.15, 0.2) is 11.0 Å². The van der Waals surface area contributed by atoms with Gasteiger partial charge in [-0.15, -0.1) is 0 Å². The highest BCUT2D eigenvalue weighted by Gasteiger charge is 1.81. The van der Waals surface area contributed by atoms with Gasteiger partial charge in [-0.25, -0.2) is 0 Å². The Labute approximate surface area is 51.0 Å². The third kappa shape index (κ3) is 3.80. The molecule has 7 heavy (non-hydrogen) atoms. The Hall–Kier alpha value is -0.0400. The van der Waals surface area contributed by atoms with Crippen LogP contribution in [-0.4, -0.2) is 0 Å². The van der Waals surface area contributed by atoms with Gasteiger partial charge in [0.1, 0.15) is 0 Å². The number of hydrogen-bond acceptors (Lipinski definition) is 0. The molecule has 0 rings (SSSR count). The van der Waals surface area contributed by atoms with Crippen molar-refractivity contribution in [3.63, 3.8) is 0 Å². The summed E-state index contributed by atoms with van der Waals surface area (Å²) in [7, 11) is 0. The summed E-state index contributed by atoms with van der Waals surface area (Å²) in [5.74, 6) is 0. The molecule has 0 unspecified atom stereocenters. The van der Waals surface area contributed by atoms with Crippen LogP contribution in [0.25, 0.3) is 0 Å². The molecule has 0 aliphatic heterocycles. The summed E-state index contributed by atoms with van der Waals surface area (Å²) in [4.78, 5) is 0. The molecule has 0 N–H and O–H groups in total. The highest BCUT2D eigenvalue weighted by molar-refractivity contribution is 7.83. The van der Waals surface area contributed by atoms with Crippen molar-refractivity contribution >= 4 is 12.6 Å². The third-order valence-electron chi connectivity index (χ3n) is 0.846. The zero-order valence-electron chi connectivity index (χ0n) is 4.90. The van der Waals surface area contributed by atoms with Gasteiger partial charge in [0.2, 0.25) is 0 Å². The van der Waals surface area contributed by atoms with Crippen LogP contribution in [0.4, 0.5) is 0 Å². The second-order valence-corrected chi connectivity index (χ2v) is 1.95. The summed E-state index contributed by atoms with van der Waals surface area (Å²) in [6, 6.07) is 0. The number of rotatable bonds is 2. The second kappa shape index (κ2) is 4.13. The molecule has 0 amide bonds. The largest absolute Gasteiger partial charge is 0.0888 e. The first kappa shape index (κ1) is 6.96. The molecule has 0 bridgehead atoms. The fourth-order valence-corrected chi connectivity index (χ4v) is 0.571. The van der Waals surface area contributed by atoms with Crippen molar-refractivity contribution < 1.29 is 0 Å². The van der Waals surface area contributed by atoms with Gasteiger partial charge in [0.25, 0.3) is 0 Å². The summed E-state index contributed by atoms with van der Waals surface area (Å²) >= 11 is 4.68. The summed E-state index contributed by atoms with van der Waals surface area (Å²) in [6.45, 7) is 4.22. The normalized spacial score (nSPS) is 12.0. The second-order valence-electron chi connectivity index (χ2n) is 1.71. The Bertz CT molecular complexity index is 64.6. The van der Waals surface area contributed by atoms with Crippen LogP contribution < -0.4 is 0 Å². The van der Waals surface area contributed by atoms with Crippen molar-refractivity contribution in [2.24, 2.45) is 0 Å². The van der Waals surface area contributed by atoms with E-state index in [0.717, 1.165) is 6.42 Å². The summed E-state index contributed by atoms with van der Waals surface area (Å²) in [6.07, 6.45) is 2.36. The number of hydrogen-bond donors (Lipinski definition) is 0. The topological polar surface area (TPSA) is 0 Å². The average molecular weight is 115 g/mol. The zero-order chi connectivity index (χ0) is 5.70. The van der Waals surface area contributed by atoms with Crippen molar-refractivity contribution in [3.05, 3.63) is 11.0 Å². The lowest BCUT2D eigenvalue weighted by atomic mass is 10.2. The van der Waals surface area contributed by atoms with Gasteiger partial charge < -0.3 is 0 Å². The fourth-order valence-electron chi connectivity index (χ4n) is 0.453. The standard InChI is InChI=1S/C6H11S/c1-3-4-6(2)5-7/h5H,3-4H2,1-2H3/b6-5+. The molecule has 0 atom stereocenters. The molecule has 0 aromatic rings. The van der Waals surface area contributed by atoms with Gasteiger partial charge in [-0.2, -0.15) is 0 Å². The minimum Gasteiger partial charge on any atom is -0.0888 e. The predicted molar refractivity (Wildman–Crippen MR) is 36.3 cm³/mol. The molecule has 0 nitrogen and oxygen atoms in total. The van der Waals surface area contributed by atoms with E-state index in [1.54, 1.807) is 5.41 Å². The van der Waals surface area contributed by atoms with Crippen LogP contribution in [-0.2, 0) is 0 Å². The summed E-state index contributed by atoms with van der Waals surface area (Å²) < 4.78 is 0. The van der Waals surface area contributed by atoms with E-state index in [2.05, 4.69) is 26.5 Å². The Kier molecular flexibility index (Phi) is 4.10. The van der Waals surface area contributed by atoms with E-state index in [9.17, 15) is 0 Å². The van der Waals surface area contributed by atoms with Crippen molar-refractivity contribution in [2.75, 3.05) is 0 Å². The van der Waals surface area contributed by atoms with E-state index < -0.39 is 0 Å². The van der Waals surface area contributed by atoms with E-state index in [0.29, 0.717) is 0 Å². The maximum absolute atomic E-state index is 4.68. The Morgan fingerprint density at radius 1 is 1.71 bits per heavy atom. The molecule has 0 aliphatic rings. The molecular weight excluding hydrogens is 104 g/mol. The Balaban J connectivity index is 3.17. The SMILES string of the molecule is CCC/C(C)=C/[S]. The smallest absolute Gasteiger partial charge is 0.000271 e. The molecule has 0 heterocycles. The summed E-state index contributed by atoms with van der Waals surface area (Å²) in [5, 5.41) is 1.75. The van der Waals surface area contributed by atoms with Gasteiger partial charge in [0.15, 0.2) is 0 Å². The molecule has 1 radical (unpaired) electrons. The Morgan fingerprint density at radius 3 is 2.43 bits per heavy atom. The minimum atomic E-state index is 1.16. The van der Waals surface area contributed by atoms with Gasteiger partial charge in [-0.05, 0) is 13.3 Å². The highest BCUT2D eigenvalue weighted by Crippen LogP contribution is 2.02.